The third-order valence-electron chi connectivity index (χ3n) is 5.42. The molecule has 0 amide bonds. The number of benzene rings is 2. The molecule has 5 heteroatoms. The Morgan fingerprint density at radius 2 is 1.82 bits per heavy atom. The van der Waals surface area contributed by atoms with Crippen LogP contribution in [0.25, 0.3) is 11.0 Å². The number of hydrogen-bond donors (Lipinski definition) is 2. The monoisotopic (exact) mass is 382 g/mol. The Hall–Kier alpha value is -2.63. The number of aryl methyl sites for hydroxylation is 2. The molecule has 3 aromatic rings. The summed E-state index contributed by atoms with van der Waals surface area (Å²) < 4.78 is 11.0. The van der Waals surface area contributed by atoms with Crippen LogP contribution in [0.15, 0.2) is 51.7 Å². The van der Waals surface area contributed by atoms with Crippen LogP contribution in [0.5, 0.6) is 5.75 Å². The highest BCUT2D eigenvalue weighted by Gasteiger charge is 2.23. The second kappa shape index (κ2) is 8.59. The molecule has 0 spiro atoms. The van der Waals surface area contributed by atoms with Crippen molar-refractivity contribution in [1.82, 2.24) is 0 Å². The molecular weight excluding hydrogens is 352 g/mol. The molecule has 0 aliphatic carbocycles. The van der Waals surface area contributed by atoms with Crippen molar-refractivity contribution in [3.63, 3.8) is 0 Å². The molecule has 0 unspecified atom stereocenters. The highest BCUT2D eigenvalue weighted by atomic mass is 16.5. The Labute approximate surface area is 165 Å². The van der Waals surface area contributed by atoms with E-state index in [9.17, 15) is 4.79 Å². The quantitative estimate of drug-likeness (QED) is 0.607. The zero-order valence-corrected chi connectivity index (χ0v) is 17.3. The lowest BCUT2D eigenvalue weighted by atomic mass is 10.0. The number of quaternary nitrogens is 2. The molecule has 0 aliphatic heterocycles. The van der Waals surface area contributed by atoms with Gasteiger partial charge in [0.1, 0.15) is 24.4 Å². The van der Waals surface area contributed by atoms with Gasteiger partial charge >= 0.3 is 5.63 Å². The van der Waals surface area contributed by atoms with E-state index in [0.717, 1.165) is 35.4 Å². The molecule has 0 radical (unpaired) electrons. The van der Waals surface area contributed by atoms with Crippen LogP contribution >= 0.6 is 0 Å². The van der Waals surface area contributed by atoms with Crippen LogP contribution in [0.2, 0.25) is 0 Å². The van der Waals surface area contributed by atoms with Crippen LogP contribution in [0, 0.1) is 13.8 Å². The van der Waals surface area contributed by atoms with Gasteiger partial charge in [-0.05, 0) is 49.2 Å². The number of rotatable bonds is 7. The maximum atomic E-state index is 12.0. The lowest BCUT2D eigenvalue weighted by Crippen LogP contribution is -3.09. The number of methoxy groups -OCH3 is 1. The van der Waals surface area contributed by atoms with Crippen LogP contribution in [0.4, 0.5) is 0 Å². The summed E-state index contributed by atoms with van der Waals surface area (Å²) in [5.41, 5.74) is 4.92. The predicted octanol–water partition coefficient (Wildman–Crippen LogP) is 1.37. The van der Waals surface area contributed by atoms with Crippen molar-refractivity contribution in [2.75, 3.05) is 27.7 Å². The Balaban J connectivity index is 1.83. The molecule has 0 aliphatic rings. The number of fused-ring (bicyclic) bond motifs is 1. The van der Waals surface area contributed by atoms with Crippen molar-refractivity contribution in [1.29, 1.82) is 0 Å². The summed E-state index contributed by atoms with van der Waals surface area (Å²) in [5, 5.41) is 3.28. The first kappa shape index (κ1) is 20.1. The summed E-state index contributed by atoms with van der Waals surface area (Å²) in [6, 6.07) is 14.2. The zero-order chi connectivity index (χ0) is 20.3. The lowest BCUT2D eigenvalue weighted by molar-refractivity contribution is -0.910. The fourth-order valence-electron chi connectivity index (χ4n) is 3.69. The number of para-hydroxylation sites is 1. The number of likely N-dealkylation sites (N-methyl/N-ethyl adjacent to an activating group) is 1. The molecule has 148 valence electrons. The van der Waals surface area contributed by atoms with E-state index in [1.54, 1.807) is 13.2 Å². The van der Waals surface area contributed by atoms with Crippen LogP contribution in [0.1, 0.15) is 28.3 Å². The summed E-state index contributed by atoms with van der Waals surface area (Å²) in [6.45, 7) is 5.73. The first-order chi connectivity index (χ1) is 13.4. The van der Waals surface area contributed by atoms with Crippen LogP contribution in [-0.4, -0.2) is 27.7 Å². The van der Waals surface area contributed by atoms with Gasteiger partial charge in [-0.25, -0.2) is 4.79 Å². The van der Waals surface area contributed by atoms with E-state index in [4.69, 9.17) is 9.15 Å². The second-order valence-electron chi connectivity index (χ2n) is 7.62. The third-order valence-corrected chi connectivity index (χ3v) is 5.42. The van der Waals surface area contributed by atoms with Crippen molar-refractivity contribution in [2.45, 2.75) is 26.4 Å². The van der Waals surface area contributed by atoms with Gasteiger partial charge in [0.15, 0.2) is 6.04 Å². The molecule has 1 aromatic heterocycles. The highest BCUT2D eigenvalue weighted by Crippen LogP contribution is 2.23. The van der Waals surface area contributed by atoms with E-state index in [1.807, 2.05) is 25.1 Å². The highest BCUT2D eigenvalue weighted by molar-refractivity contribution is 5.81. The SMILES string of the molecule is COc1ccccc1[C@@H](C[NH2+]Cc1cc(=O)oc2cc(C)c(C)cc12)[NH+](C)C. The average molecular weight is 383 g/mol. The van der Waals surface area contributed by atoms with E-state index in [0.29, 0.717) is 5.58 Å². The maximum Gasteiger partial charge on any atom is 0.336 e. The van der Waals surface area contributed by atoms with Crippen LogP contribution < -0.4 is 20.6 Å². The third kappa shape index (κ3) is 4.26. The van der Waals surface area contributed by atoms with Gasteiger partial charge in [0.2, 0.25) is 0 Å². The van der Waals surface area contributed by atoms with E-state index in [2.05, 4.69) is 44.5 Å². The Bertz CT molecular complexity index is 1020. The minimum Gasteiger partial charge on any atom is -0.496 e. The summed E-state index contributed by atoms with van der Waals surface area (Å²) in [7, 11) is 6.03. The Morgan fingerprint density at radius 3 is 2.54 bits per heavy atom. The van der Waals surface area contributed by atoms with Gasteiger partial charge in [-0.2, -0.15) is 0 Å². The molecule has 3 rings (SSSR count). The molecule has 0 bridgehead atoms. The number of ether oxygens (including phenoxy) is 1. The minimum atomic E-state index is -0.293. The largest absolute Gasteiger partial charge is 0.496 e. The summed E-state index contributed by atoms with van der Waals surface area (Å²) in [5.74, 6) is 0.916. The molecule has 0 saturated carbocycles. The molecule has 1 heterocycles. The molecule has 3 N–H and O–H groups in total. The van der Waals surface area contributed by atoms with E-state index < -0.39 is 0 Å². The van der Waals surface area contributed by atoms with E-state index >= 15 is 0 Å². The fraction of sp³-hybridized carbons (Fsp3) is 0.348. The van der Waals surface area contributed by atoms with Crippen molar-refractivity contribution >= 4 is 11.0 Å². The number of nitrogens with one attached hydrogen (secondary N) is 1. The average Bonchev–Trinajstić information content (AvgIpc) is 2.66. The standard InChI is InChI=1S/C23H28N2O3/c1-15-10-19-17(12-23(26)28-22(19)11-16(15)2)13-24-14-20(25(3)4)18-8-6-7-9-21(18)27-5/h6-12,20,24H,13-14H2,1-5H3/p+2/t20-/m1/s1. The molecule has 0 saturated heterocycles. The van der Waals surface area contributed by atoms with Gasteiger partial charge < -0.3 is 19.4 Å². The lowest BCUT2D eigenvalue weighted by Gasteiger charge is -2.22. The van der Waals surface area contributed by atoms with Gasteiger partial charge in [0.05, 0.1) is 26.8 Å². The fourth-order valence-corrected chi connectivity index (χ4v) is 3.69. The number of hydrogen-bond acceptors (Lipinski definition) is 3. The summed E-state index contributed by atoms with van der Waals surface area (Å²) in [4.78, 5) is 13.3. The minimum absolute atomic E-state index is 0.284. The van der Waals surface area contributed by atoms with Crippen molar-refractivity contribution in [3.05, 3.63) is 75.1 Å². The molecule has 1 atom stereocenters. The van der Waals surface area contributed by atoms with E-state index in [-0.39, 0.29) is 11.7 Å². The van der Waals surface area contributed by atoms with Crippen LogP contribution in [0.3, 0.4) is 0 Å². The zero-order valence-electron chi connectivity index (χ0n) is 17.3. The molecular formula is C23H30N2O3+2. The Kier molecular flexibility index (Phi) is 6.17. The molecule has 2 aromatic carbocycles. The van der Waals surface area contributed by atoms with E-state index in [1.165, 1.54) is 16.0 Å². The summed E-state index contributed by atoms with van der Waals surface area (Å²) >= 11 is 0. The predicted molar refractivity (Wildman–Crippen MR) is 111 cm³/mol. The van der Waals surface area contributed by atoms with Gasteiger partial charge in [-0.1, -0.05) is 12.1 Å². The topological polar surface area (TPSA) is 60.5 Å². The smallest absolute Gasteiger partial charge is 0.336 e. The van der Waals surface area contributed by atoms with Gasteiger partial charge in [0.25, 0.3) is 0 Å². The molecule has 5 nitrogen and oxygen atoms in total. The molecule has 0 fully saturated rings. The number of nitrogens with two attached hydrogens (primary N) is 1. The van der Waals surface area contributed by atoms with Crippen LogP contribution in [-0.2, 0) is 6.54 Å². The normalized spacial score (nSPS) is 12.5. The van der Waals surface area contributed by atoms with Crippen molar-refractivity contribution in [3.8, 4) is 5.75 Å². The molecule has 28 heavy (non-hydrogen) atoms. The second-order valence-corrected chi connectivity index (χ2v) is 7.62. The van der Waals surface area contributed by atoms with Crippen molar-refractivity contribution in [2.24, 2.45) is 0 Å². The Morgan fingerprint density at radius 1 is 1.11 bits per heavy atom. The van der Waals surface area contributed by atoms with Gasteiger partial charge in [-0.15, -0.1) is 0 Å². The maximum absolute atomic E-state index is 12.0. The van der Waals surface area contributed by atoms with Gasteiger partial charge in [0, 0.05) is 17.0 Å². The van der Waals surface area contributed by atoms with Gasteiger partial charge in [-0.3, -0.25) is 0 Å². The first-order valence-electron chi connectivity index (χ1n) is 9.69. The van der Waals surface area contributed by atoms with Crippen molar-refractivity contribution < 1.29 is 19.4 Å². The summed E-state index contributed by atoms with van der Waals surface area (Å²) in [6.07, 6.45) is 0. The first-order valence-corrected chi connectivity index (χ1v) is 9.69.